The number of ether oxygens (including phenoxy) is 1. The molecule has 1 heterocycles. The molecule has 4 rings (SSSR count). The van der Waals surface area contributed by atoms with Gasteiger partial charge in [-0.2, -0.15) is 0 Å². The first-order chi connectivity index (χ1) is 16.4. The molecule has 0 atom stereocenters. The van der Waals surface area contributed by atoms with Crippen molar-refractivity contribution in [3.63, 3.8) is 0 Å². The van der Waals surface area contributed by atoms with Crippen molar-refractivity contribution in [1.29, 1.82) is 0 Å². The molecule has 0 bridgehead atoms. The molecule has 1 aliphatic heterocycles. The van der Waals surface area contributed by atoms with Gasteiger partial charge in [0, 0.05) is 13.1 Å². The van der Waals surface area contributed by atoms with Crippen LogP contribution in [0, 0.1) is 5.92 Å². The number of rotatable bonds is 8. The highest BCUT2D eigenvalue weighted by atomic mass is 32.2. The molecule has 0 radical (unpaired) electrons. The van der Waals surface area contributed by atoms with E-state index in [0.29, 0.717) is 36.2 Å². The summed E-state index contributed by atoms with van der Waals surface area (Å²) in [6, 6.07) is 26.4. The molecule has 7 heteroatoms. The van der Waals surface area contributed by atoms with E-state index in [-0.39, 0.29) is 12.5 Å². The van der Waals surface area contributed by atoms with Crippen LogP contribution in [-0.2, 0) is 21.2 Å². The maximum Gasteiger partial charge on any atom is 0.243 e. The van der Waals surface area contributed by atoms with Crippen molar-refractivity contribution in [3.8, 4) is 11.5 Å². The predicted molar refractivity (Wildman–Crippen MR) is 135 cm³/mol. The largest absolute Gasteiger partial charge is 0.455 e. The molecule has 3 aromatic rings. The molecule has 1 amide bonds. The Hall–Kier alpha value is -3.32. The van der Waals surface area contributed by atoms with Gasteiger partial charge in [-0.3, -0.25) is 9.10 Å². The average molecular weight is 479 g/mol. The van der Waals surface area contributed by atoms with Gasteiger partial charge >= 0.3 is 0 Å². The van der Waals surface area contributed by atoms with Gasteiger partial charge in [0.25, 0.3) is 0 Å². The molecular formula is C27H30N2O4S. The smallest absolute Gasteiger partial charge is 0.243 e. The van der Waals surface area contributed by atoms with Gasteiger partial charge in [-0.25, -0.2) is 8.42 Å². The molecule has 0 N–H and O–H groups in total. The molecule has 0 aliphatic carbocycles. The van der Waals surface area contributed by atoms with Crippen LogP contribution in [0.25, 0.3) is 0 Å². The zero-order valence-electron chi connectivity index (χ0n) is 19.3. The lowest BCUT2D eigenvalue weighted by Crippen LogP contribution is -2.46. The van der Waals surface area contributed by atoms with Crippen LogP contribution in [-0.4, -0.2) is 45.1 Å². The van der Waals surface area contributed by atoms with Gasteiger partial charge in [0.2, 0.25) is 15.9 Å². The fraction of sp³-hybridized carbons (Fsp3) is 0.296. The number of anilines is 1. The summed E-state index contributed by atoms with van der Waals surface area (Å²) >= 11 is 0. The number of benzene rings is 3. The van der Waals surface area contributed by atoms with E-state index in [1.54, 1.807) is 41.3 Å². The second kappa shape index (κ2) is 10.7. The van der Waals surface area contributed by atoms with Crippen molar-refractivity contribution in [1.82, 2.24) is 4.90 Å². The summed E-state index contributed by atoms with van der Waals surface area (Å²) in [7, 11) is -3.71. The van der Waals surface area contributed by atoms with E-state index in [4.69, 9.17) is 4.74 Å². The third-order valence-corrected chi connectivity index (χ3v) is 7.25. The molecule has 0 aromatic heterocycles. The summed E-state index contributed by atoms with van der Waals surface area (Å²) in [5.74, 6) is 1.30. The fourth-order valence-electron chi connectivity index (χ4n) is 4.30. The number of amides is 1. The molecular weight excluding hydrogens is 448 g/mol. The first-order valence-electron chi connectivity index (χ1n) is 11.5. The highest BCUT2D eigenvalue weighted by Crippen LogP contribution is 2.33. The number of para-hydroxylation sites is 3. The van der Waals surface area contributed by atoms with E-state index in [1.807, 2.05) is 36.4 Å². The minimum Gasteiger partial charge on any atom is -0.455 e. The lowest BCUT2D eigenvalue weighted by Gasteiger charge is -2.34. The van der Waals surface area contributed by atoms with E-state index in [0.717, 1.165) is 29.8 Å². The third-order valence-electron chi connectivity index (χ3n) is 6.12. The molecule has 3 aromatic carbocycles. The monoisotopic (exact) mass is 478 g/mol. The summed E-state index contributed by atoms with van der Waals surface area (Å²) in [6.07, 6.45) is 3.94. The Morgan fingerprint density at radius 1 is 0.912 bits per heavy atom. The van der Waals surface area contributed by atoms with Crippen LogP contribution >= 0.6 is 0 Å². The van der Waals surface area contributed by atoms with Crippen LogP contribution in [0.5, 0.6) is 11.5 Å². The van der Waals surface area contributed by atoms with Gasteiger partial charge in [-0.1, -0.05) is 60.7 Å². The van der Waals surface area contributed by atoms with Crippen LogP contribution in [0.3, 0.4) is 0 Å². The van der Waals surface area contributed by atoms with Crippen LogP contribution in [0.15, 0.2) is 84.9 Å². The van der Waals surface area contributed by atoms with Crippen molar-refractivity contribution < 1.29 is 17.9 Å². The molecule has 1 aliphatic rings. The maximum atomic E-state index is 13.1. The van der Waals surface area contributed by atoms with Gasteiger partial charge in [-0.15, -0.1) is 0 Å². The van der Waals surface area contributed by atoms with Crippen molar-refractivity contribution in [2.24, 2.45) is 5.92 Å². The number of hydrogen-bond acceptors (Lipinski definition) is 4. The number of piperidine rings is 1. The predicted octanol–water partition coefficient (Wildman–Crippen LogP) is 4.73. The first-order valence-corrected chi connectivity index (χ1v) is 13.4. The second-order valence-corrected chi connectivity index (χ2v) is 10.6. The molecule has 34 heavy (non-hydrogen) atoms. The van der Waals surface area contributed by atoms with Crippen LogP contribution in [0.1, 0.15) is 18.4 Å². The molecule has 6 nitrogen and oxygen atoms in total. The number of likely N-dealkylation sites (tertiary alicyclic amines) is 1. The summed E-state index contributed by atoms with van der Waals surface area (Å²) in [5.41, 5.74) is 1.66. The Morgan fingerprint density at radius 3 is 2.15 bits per heavy atom. The Balaban J connectivity index is 1.44. The number of sulfonamides is 1. The zero-order valence-corrected chi connectivity index (χ0v) is 20.2. The average Bonchev–Trinajstić information content (AvgIpc) is 2.84. The normalized spacial score (nSPS) is 14.6. The van der Waals surface area contributed by atoms with E-state index < -0.39 is 10.0 Å². The van der Waals surface area contributed by atoms with Gasteiger partial charge in [0.05, 0.1) is 11.9 Å². The van der Waals surface area contributed by atoms with Crippen molar-refractivity contribution in [2.75, 3.05) is 30.2 Å². The minimum absolute atomic E-state index is 0.196. The maximum absolute atomic E-state index is 13.1. The number of carbonyl (C=O) groups excluding carboxylic acids is 1. The molecule has 0 saturated carbocycles. The number of carbonyl (C=O) groups is 1. The molecule has 0 spiro atoms. The fourth-order valence-corrected chi connectivity index (χ4v) is 5.16. The van der Waals surface area contributed by atoms with Gasteiger partial charge < -0.3 is 9.64 Å². The Morgan fingerprint density at radius 2 is 1.50 bits per heavy atom. The number of nitrogens with zero attached hydrogens (tertiary/aromatic N) is 2. The third kappa shape index (κ3) is 6.17. The van der Waals surface area contributed by atoms with E-state index >= 15 is 0 Å². The first kappa shape index (κ1) is 23.8. The summed E-state index contributed by atoms with van der Waals surface area (Å²) in [4.78, 5) is 14.9. The lowest BCUT2D eigenvalue weighted by molar-refractivity contribution is -0.130. The SMILES string of the molecule is CS(=O)(=O)N(CC(=O)N1CCC(Cc2ccccc2)CC1)c1ccccc1Oc1ccccc1. The topological polar surface area (TPSA) is 66.9 Å². The van der Waals surface area contributed by atoms with Gasteiger partial charge in [0.1, 0.15) is 12.3 Å². The Labute approximate surface area is 201 Å². The Bertz CT molecular complexity index is 1190. The molecule has 1 saturated heterocycles. The van der Waals surface area contributed by atoms with Crippen molar-refractivity contribution >= 4 is 21.6 Å². The van der Waals surface area contributed by atoms with Gasteiger partial charge in [0.15, 0.2) is 5.75 Å². The highest BCUT2D eigenvalue weighted by Gasteiger charge is 2.29. The zero-order chi connectivity index (χ0) is 24.0. The van der Waals surface area contributed by atoms with E-state index in [1.165, 1.54) is 5.56 Å². The molecule has 0 unspecified atom stereocenters. The number of hydrogen-bond donors (Lipinski definition) is 0. The minimum atomic E-state index is -3.71. The Kier molecular flexibility index (Phi) is 7.53. The van der Waals surface area contributed by atoms with E-state index in [2.05, 4.69) is 12.1 Å². The van der Waals surface area contributed by atoms with Crippen LogP contribution in [0.4, 0.5) is 5.69 Å². The second-order valence-electron chi connectivity index (χ2n) is 8.67. The van der Waals surface area contributed by atoms with Crippen molar-refractivity contribution in [3.05, 3.63) is 90.5 Å². The quantitative estimate of drug-likeness (QED) is 0.470. The van der Waals surface area contributed by atoms with Crippen LogP contribution < -0.4 is 9.04 Å². The summed E-state index contributed by atoms with van der Waals surface area (Å²) in [6.45, 7) is 1.02. The molecule has 178 valence electrons. The standard InChI is InChI=1S/C27H30N2O4S/c1-34(31,32)29(25-14-8-9-15-26(25)33-24-12-6-3-7-13-24)21-27(30)28-18-16-23(17-19-28)20-22-10-4-2-5-11-22/h2-15,23H,16-21H2,1H3. The summed E-state index contributed by atoms with van der Waals surface area (Å²) in [5, 5.41) is 0. The van der Waals surface area contributed by atoms with E-state index in [9.17, 15) is 13.2 Å². The van der Waals surface area contributed by atoms with Gasteiger partial charge in [-0.05, 0) is 55.0 Å². The molecule has 1 fully saturated rings. The lowest BCUT2D eigenvalue weighted by atomic mass is 9.90. The summed E-state index contributed by atoms with van der Waals surface area (Å²) < 4.78 is 32.5. The van der Waals surface area contributed by atoms with Crippen molar-refractivity contribution in [2.45, 2.75) is 19.3 Å². The van der Waals surface area contributed by atoms with Crippen LogP contribution in [0.2, 0.25) is 0 Å². The highest BCUT2D eigenvalue weighted by molar-refractivity contribution is 7.92.